The number of aryl methyl sites for hydroxylation is 1. The van der Waals surface area contributed by atoms with E-state index in [0.29, 0.717) is 61.1 Å². The molecule has 1 aromatic heterocycles. The number of likely N-dealkylation sites (tertiary alicyclic amines) is 1. The monoisotopic (exact) mass is 406 g/mol. The van der Waals surface area contributed by atoms with E-state index in [1.807, 2.05) is 19.0 Å². The first-order valence-corrected chi connectivity index (χ1v) is 10.3. The van der Waals surface area contributed by atoms with Gasteiger partial charge < -0.3 is 24.8 Å². The van der Waals surface area contributed by atoms with Crippen molar-refractivity contribution in [3.63, 3.8) is 0 Å². The van der Waals surface area contributed by atoms with Gasteiger partial charge in [0.05, 0.1) is 12.2 Å². The smallest absolute Gasteiger partial charge is 0.340 e. The van der Waals surface area contributed by atoms with Gasteiger partial charge in [0.1, 0.15) is 5.69 Å². The summed E-state index contributed by atoms with van der Waals surface area (Å²) in [7, 11) is 3.95. The number of likely N-dealkylation sites (N-methyl/N-ethyl adjacent to an activating group) is 1. The topological polar surface area (TPSA) is 94.7 Å². The van der Waals surface area contributed by atoms with Gasteiger partial charge in [0.15, 0.2) is 0 Å². The number of aromatic amines is 1. The lowest BCUT2D eigenvalue weighted by molar-refractivity contribution is -0.122. The highest BCUT2D eigenvalue weighted by atomic mass is 16.5. The fourth-order valence-corrected chi connectivity index (χ4v) is 3.72. The molecule has 1 fully saturated rings. The van der Waals surface area contributed by atoms with E-state index in [-0.39, 0.29) is 11.8 Å². The highest BCUT2D eigenvalue weighted by Gasteiger charge is 2.29. The summed E-state index contributed by atoms with van der Waals surface area (Å²) >= 11 is 0. The summed E-state index contributed by atoms with van der Waals surface area (Å²) in [5.74, 6) is -0.140. The number of rotatable bonds is 8. The first kappa shape index (κ1) is 22.9. The maximum atomic E-state index is 13.0. The molecule has 1 saturated heterocycles. The van der Waals surface area contributed by atoms with Crippen molar-refractivity contribution in [1.29, 1.82) is 0 Å². The molecule has 1 aliphatic heterocycles. The highest BCUT2D eigenvalue weighted by molar-refractivity contribution is 6.00. The molecule has 0 spiro atoms. The van der Waals surface area contributed by atoms with Crippen LogP contribution in [-0.2, 0) is 9.53 Å². The molecular formula is C21H34N4O4. The van der Waals surface area contributed by atoms with Gasteiger partial charge in [-0.3, -0.25) is 9.59 Å². The van der Waals surface area contributed by atoms with E-state index in [9.17, 15) is 14.4 Å². The lowest BCUT2D eigenvalue weighted by Gasteiger charge is -2.31. The van der Waals surface area contributed by atoms with Gasteiger partial charge in [-0.15, -0.1) is 0 Å². The third kappa shape index (κ3) is 6.06. The van der Waals surface area contributed by atoms with Crippen LogP contribution in [-0.4, -0.2) is 79.4 Å². The van der Waals surface area contributed by atoms with Gasteiger partial charge in [-0.25, -0.2) is 4.79 Å². The molecule has 1 aromatic rings. The Morgan fingerprint density at radius 3 is 2.45 bits per heavy atom. The van der Waals surface area contributed by atoms with Crippen LogP contribution in [0.2, 0.25) is 0 Å². The Kier molecular flexibility index (Phi) is 8.25. The van der Waals surface area contributed by atoms with Gasteiger partial charge in [-0.1, -0.05) is 0 Å². The maximum Gasteiger partial charge on any atom is 0.340 e. The minimum absolute atomic E-state index is 0.0755. The number of carbonyl (C=O) groups excluding carboxylic acids is 3. The van der Waals surface area contributed by atoms with Crippen molar-refractivity contribution in [2.24, 2.45) is 5.92 Å². The van der Waals surface area contributed by atoms with Gasteiger partial charge in [-0.05, 0) is 59.2 Å². The average molecular weight is 407 g/mol. The number of piperidine rings is 1. The zero-order valence-electron chi connectivity index (χ0n) is 18.3. The number of nitrogens with one attached hydrogen (secondary N) is 2. The van der Waals surface area contributed by atoms with Crippen molar-refractivity contribution >= 4 is 17.8 Å². The Morgan fingerprint density at radius 1 is 1.21 bits per heavy atom. The van der Waals surface area contributed by atoms with Gasteiger partial charge in [0.25, 0.3) is 5.91 Å². The summed E-state index contributed by atoms with van der Waals surface area (Å²) in [6, 6.07) is 0. The normalized spacial score (nSPS) is 14.9. The van der Waals surface area contributed by atoms with Crippen molar-refractivity contribution in [1.82, 2.24) is 20.1 Å². The zero-order valence-corrected chi connectivity index (χ0v) is 18.3. The summed E-state index contributed by atoms with van der Waals surface area (Å²) in [5.41, 5.74) is 2.17. The van der Waals surface area contributed by atoms with Crippen LogP contribution < -0.4 is 5.32 Å². The van der Waals surface area contributed by atoms with E-state index in [0.717, 1.165) is 19.4 Å². The molecule has 0 saturated carbocycles. The van der Waals surface area contributed by atoms with Gasteiger partial charge in [0.2, 0.25) is 5.91 Å². The molecule has 8 nitrogen and oxygen atoms in total. The van der Waals surface area contributed by atoms with Crippen LogP contribution in [0.4, 0.5) is 0 Å². The third-order valence-corrected chi connectivity index (χ3v) is 5.39. The molecule has 0 aliphatic carbocycles. The van der Waals surface area contributed by atoms with E-state index in [1.165, 1.54) is 0 Å². The SMILES string of the molecule is CCOC(=O)c1c(C)[nH]c(C(=O)N2CCC(CC(=O)NCCN(C)C)CC2)c1C. The number of carbonyl (C=O) groups is 3. The van der Waals surface area contributed by atoms with E-state index >= 15 is 0 Å². The van der Waals surface area contributed by atoms with Crippen LogP contribution in [0.1, 0.15) is 58.3 Å². The zero-order chi connectivity index (χ0) is 21.6. The molecule has 162 valence electrons. The second kappa shape index (κ2) is 10.4. The molecule has 2 N–H and O–H groups in total. The number of hydrogen-bond acceptors (Lipinski definition) is 5. The van der Waals surface area contributed by atoms with Crippen molar-refractivity contribution in [2.45, 2.75) is 40.0 Å². The number of esters is 1. The maximum absolute atomic E-state index is 13.0. The van der Waals surface area contributed by atoms with Crippen LogP contribution in [0.5, 0.6) is 0 Å². The van der Waals surface area contributed by atoms with Crippen molar-refractivity contribution < 1.29 is 19.1 Å². The van der Waals surface area contributed by atoms with Crippen LogP contribution in [0.25, 0.3) is 0 Å². The predicted octanol–water partition coefficient (Wildman–Crippen LogP) is 1.73. The largest absolute Gasteiger partial charge is 0.462 e. The lowest BCUT2D eigenvalue weighted by Crippen LogP contribution is -2.40. The third-order valence-electron chi connectivity index (χ3n) is 5.39. The number of ether oxygens (including phenoxy) is 1. The summed E-state index contributed by atoms with van der Waals surface area (Å²) < 4.78 is 5.10. The second-order valence-corrected chi connectivity index (χ2v) is 7.94. The Hall–Kier alpha value is -2.35. The fourth-order valence-electron chi connectivity index (χ4n) is 3.72. The minimum Gasteiger partial charge on any atom is -0.462 e. The summed E-state index contributed by atoms with van der Waals surface area (Å²) in [5, 5.41) is 2.95. The fraction of sp³-hybridized carbons (Fsp3) is 0.667. The Balaban J connectivity index is 1.90. The molecular weight excluding hydrogens is 372 g/mol. The first-order chi connectivity index (χ1) is 13.7. The number of amides is 2. The molecule has 0 atom stereocenters. The molecule has 29 heavy (non-hydrogen) atoms. The molecule has 2 amide bonds. The predicted molar refractivity (Wildman–Crippen MR) is 111 cm³/mol. The number of H-pyrrole nitrogens is 1. The molecule has 0 unspecified atom stereocenters. The van der Waals surface area contributed by atoms with Gasteiger partial charge in [0, 0.05) is 38.3 Å². The molecule has 0 aromatic carbocycles. The van der Waals surface area contributed by atoms with E-state index in [1.54, 1.807) is 25.7 Å². The lowest BCUT2D eigenvalue weighted by atomic mass is 9.93. The van der Waals surface area contributed by atoms with Crippen LogP contribution in [0, 0.1) is 19.8 Å². The van der Waals surface area contributed by atoms with Gasteiger partial charge >= 0.3 is 5.97 Å². The Bertz CT molecular complexity index is 733. The van der Waals surface area contributed by atoms with Crippen molar-refractivity contribution in [3.05, 3.63) is 22.5 Å². The molecule has 2 heterocycles. The number of nitrogens with zero attached hydrogens (tertiary/aromatic N) is 2. The molecule has 8 heteroatoms. The number of aromatic nitrogens is 1. The van der Waals surface area contributed by atoms with E-state index < -0.39 is 5.97 Å². The summed E-state index contributed by atoms with van der Waals surface area (Å²) in [6.07, 6.45) is 2.11. The van der Waals surface area contributed by atoms with Gasteiger partial charge in [-0.2, -0.15) is 0 Å². The Labute approximate surface area is 173 Å². The average Bonchev–Trinajstić information content (AvgIpc) is 2.96. The van der Waals surface area contributed by atoms with Crippen LogP contribution in [0.15, 0.2) is 0 Å². The van der Waals surface area contributed by atoms with Crippen molar-refractivity contribution in [3.8, 4) is 0 Å². The molecule has 0 bridgehead atoms. The minimum atomic E-state index is -0.406. The number of hydrogen-bond donors (Lipinski definition) is 2. The summed E-state index contributed by atoms with van der Waals surface area (Å²) in [4.78, 5) is 44.1. The van der Waals surface area contributed by atoms with E-state index in [2.05, 4.69) is 10.3 Å². The van der Waals surface area contributed by atoms with Crippen LogP contribution in [0.3, 0.4) is 0 Å². The van der Waals surface area contributed by atoms with Crippen LogP contribution >= 0.6 is 0 Å². The highest BCUT2D eigenvalue weighted by Crippen LogP contribution is 2.25. The quantitative estimate of drug-likeness (QED) is 0.641. The first-order valence-electron chi connectivity index (χ1n) is 10.3. The molecule has 1 aliphatic rings. The Morgan fingerprint density at radius 2 is 1.86 bits per heavy atom. The standard InChI is InChI=1S/C21H34N4O4/c1-6-29-21(28)18-14(2)19(23-15(18)3)20(27)25-10-7-16(8-11-25)13-17(26)22-9-12-24(4)5/h16,23H,6-13H2,1-5H3,(H,22,26). The van der Waals surface area contributed by atoms with E-state index in [4.69, 9.17) is 4.74 Å². The van der Waals surface area contributed by atoms with Crippen molar-refractivity contribution in [2.75, 3.05) is 46.9 Å². The second-order valence-electron chi connectivity index (χ2n) is 7.94. The molecule has 2 rings (SSSR count). The molecule has 0 radical (unpaired) electrons. The summed E-state index contributed by atoms with van der Waals surface area (Å²) in [6.45, 7) is 8.29.